The molecule has 0 bridgehead atoms. The van der Waals surface area contributed by atoms with E-state index in [-0.39, 0.29) is 0 Å². The van der Waals surface area contributed by atoms with Crippen LogP contribution in [0.15, 0.2) is 60.9 Å². The molecule has 174 valence electrons. The second-order valence-corrected chi connectivity index (χ2v) is 9.63. The first-order chi connectivity index (χ1) is 16.8. The third-order valence-corrected chi connectivity index (χ3v) is 7.33. The number of aromatic nitrogens is 3. The number of benzene rings is 1. The first kappa shape index (κ1) is 22.3. The summed E-state index contributed by atoms with van der Waals surface area (Å²) < 4.78 is 0. The van der Waals surface area contributed by atoms with Gasteiger partial charge in [0.1, 0.15) is 11.8 Å². The lowest BCUT2D eigenvalue weighted by Gasteiger charge is -2.39. The Labute approximate surface area is 202 Å². The summed E-state index contributed by atoms with van der Waals surface area (Å²) in [4.78, 5) is 16.1. The highest BCUT2D eigenvalue weighted by Gasteiger charge is 2.30. The van der Waals surface area contributed by atoms with Crippen LogP contribution in [0.25, 0.3) is 11.3 Å². The molecule has 6 heteroatoms. The summed E-state index contributed by atoms with van der Waals surface area (Å²) in [5.41, 5.74) is 3.69. The first-order valence-electron chi connectivity index (χ1n) is 12.5. The predicted octanol–water partition coefficient (Wildman–Crippen LogP) is 5.69. The van der Waals surface area contributed by atoms with Crippen molar-refractivity contribution in [3.8, 4) is 17.3 Å². The van der Waals surface area contributed by atoms with Crippen LogP contribution in [0.3, 0.4) is 0 Å². The van der Waals surface area contributed by atoms with E-state index in [0.29, 0.717) is 23.6 Å². The van der Waals surface area contributed by atoms with E-state index in [2.05, 4.69) is 38.4 Å². The Balaban J connectivity index is 1.24. The van der Waals surface area contributed by atoms with Crippen molar-refractivity contribution in [1.82, 2.24) is 15.0 Å². The summed E-state index contributed by atoms with van der Waals surface area (Å²) in [6.07, 6.45) is 12.5. The molecule has 3 aromatic rings. The summed E-state index contributed by atoms with van der Waals surface area (Å²) in [6.45, 7) is 2.13. The van der Waals surface area contributed by atoms with Gasteiger partial charge in [-0.05, 0) is 62.1 Å². The Morgan fingerprint density at radius 2 is 1.85 bits per heavy atom. The van der Waals surface area contributed by atoms with Crippen molar-refractivity contribution in [2.24, 2.45) is 11.8 Å². The van der Waals surface area contributed by atoms with Gasteiger partial charge >= 0.3 is 0 Å². The molecule has 0 spiro atoms. The van der Waals surface area contributed by atoms with Gasteiger partial charge in [0.15, 0.2) is 0 Å². The Morgan fingerprint density at radius 1 is 0.971 bits per heavy atom. The molecule has 3 atom stereocenters. The second kappa shape index (κ2) is 10.6. The molecular formula is C28H32N6. The van der Waals surface area contributed by atoms with Crippen LogP contribution in [-0.4, -0.2) is 34.1 Å². The summed E-state index contributed by atoms with van der Waals surface area (Å²) in [5, 5.41) is 12.7. The van der Waals surface area contributed by atoms with E-state index in [1.165, 1.54) is 44.9 Å². The largest absolute Gasteiger partial charge is 0.370 e. The predicted molar refractivity (Wildman–Crippen MR) is 135 cm³/mol. The van der Waals surface area contributed by atoms with Crippen LogP contribution in [0, 0.1) is 23.2 Å². The molecule has 0 unspecified atom stereocenters. The molecule has 1 aliphatic heterocycles. The number of nitriles is 1. The third-order valence-electron chi connectivity index (χ3n) is 7.33. The molecule has 1 saturated heterocycles. The second-order valence-electron chi connectivity index (χ2n) is 9.63. The standard InChI is InChI=1S/C28H32N6/c29-18-24-12-13-25(19-31-24)34-16-6-7-21(20-34)17-23-10-4-5-11-26(23)32-28-30-15-14-27(33-28)22-8-2-1-3-9-22/h1-3,8-9,12-15,19,21,23,26H,4-7,10-11,16-17,20H2,(H,30,32,33)/t21-,23+,26-/m1/s1. The van der Waals surface area contributed by atoms with Crippen LogP contribution in [0.4, 0.5) is 11.6 Å². The number of anilines is 2. The summed E-state index contributed by atoms with van der Waals surface area (Å²) in [5.74, 6) is 2.06. The maximum absolute atomic E-state index is 9.03. The minimum atomic E-state index is 0.423. The van der Waals surface area contributed by atoms with Crippen molar-refractivity contribution < 1.29 is 0 Å². The SMILES string of the molecule is N#Cc1ccc(N2CCC[C@H](C[C@@H]3CCCC[C@H]3Nc3nccc(-c4ccccc4)n3)C2)cn1. The van der Waals surface area contributed by atoms with Crippen molar-refractivity contribution in [2.45, 2.75) is 51.0 Å². The Hall–Kier alpha value is -3.46. The summed E-state index contributed by atoms with van der Waals surface area (Å²) in [7, 11) is 0. The molecule has 1 aromatic carbocycles. The van der Waals surface area contributed by atoms with Gasteiger partial charge in [-0.1, -0.05) is 43.2 Å². The molecule has 0 radical (unpaired) electrons. The minimum Gasteiger partial charge on any atom is -0.370 e. The number of nitrogens with zero attached hydrogens (tertiary/aromatic N) is 5. The van der Waals surface area contributed by atoms with Crippen LogP contribution in [0.1, 0.15) is 50.6 Å². The van der Waals surface area contributed by atoms with Crippen LogP contribution in [0.5, 0.6) is 0 Å². The average molecular weight is 453 g/mol. The number of hydrogen-bond acceptors (Lipinski definition) is 6. The maximum atomic E-state index is 9.03. The van der Waals surface area contributed by atoms with E-state index < -0.39 is 0 Å². The molecule has 1 saturated carbocycles. The number of rotatable bonds is 6. The zero-order chi connectivity index (χ0) is 23.2. The lowest BCUT2D eigenvalue weighted by molar-refractivity contribution is 0.247. The van der Waals surface area contributed by atoms with E-state index in [9.17, 15) is 0 Å². The van der Waals surface area contributed by atoms with Crippen LogP contribution < -0.4 is 10.2 Å². The lowest BCUT2D eigenvalue weighted by Crippen LogP contribution is -2.39. The molecule has 2 fully saturated rings. The number of hydrogen-bond donors (Lipinski definition) is 1. The highest BCUT2D eigenvalue weighted by atomic mass is 15.1. The first-order valence-corrected chi connectivity index (χ1v) is 12.5. The fourth-order valence-electron chi connectivity index (χ4n) is 5.60. The molecule has 5 rings (SSSR count). The van der Waals surface area contributed by atoms with Crippen molar-refractivity contribution >= 4 is 11.6 Å². The fourth-order valence-corrected chi connectivity index (χ4v) is 5.60. The van der Waals surface area contributed by atoms with Crippen molar-refractivity contribution in [2.75, 3.05) is 23.3 Å². The molecule has 6 nitrogen and oxygen atoms in total. The van der Waals surface area contributed by atoms with Gasteiger partial charge in [0, 0.05) is 30.9 Å². The van der Waals surface area contributed by atoms with Gasteiger partial charge in [-0.15, -0.1) is 0 Å². The smallest absolute Gasteiger partial charge is 0.223 e. The van der Waals surface area contributed by atoms with E-state index in [4.69, 9.17) is 10.2 Å². The Morgan fingerprint density at radius 3 is 2.68 bits per heavy atom. The topological polar surface area (TPSA) is 77.7 Å². The van der Waals surface area contributed by atoms with Gasteiger partial charge in [-0.25, -0.2) is 15.0 Å². The van der Waals surface area contributed by atoms with Gasteiger partial charge < -0.3 is 10.2 Å². The monoisotopic (exact) mass is 452 g/mol. The molecule has 0 amide bonds. The molecule has 2 aromatic heterocycles. The Bertz CT molecular complexity index is 1110. The van der Waals surface area contributed by atoms with Crippen molar-refractivity contribution in [1.29, 1.82) is 5.26 Å². The highest BCUT2D eigenvalue weighted by molar-refractivity contribution is 5.59. The lowest BCUT2D eigenvalue weighted by atomic mass is 9.77. The molecule has 2 aliphatic rings. The van der Waals surface area contributed by atoms with E-state index >= 15 is 0 Å². The number of pyridine rings is 1. The summed E-state index contributed by atoms with van der Waals surface area (Å²) >= 11 is 0. The zero-order valence-corrected chi connectivity index (χ0v) is 19.6. The highest BCUT2D eigenvalue weighted by Crippen LogP contribution is 2.35. The Kier molecular flexibility index (Phi) is 6.99. The molecule has 1 aliphatic carbocycles. The van der Waals surface area contributed by atoms with Crippen molar-refractivity contribution in [3.05, 3.63) is 66.6 Å². The van der Waals surface area contributed by atoms with Crippen LogP contribution in [-0.2, 0) is 0 Å². The molecular weight excluding hydrogens is 420 g/mol. The van der Waals surface area contributed by atoms with Gasteiger partial charge in [0.05, 0.1) is 17.6 Å². The van der Waals surface area contributed by atoms with Gasteiger partial charge in [0.2, 0.25) is 5.95 Å². The van der Waals surface area contributed by atoms with Crippen molar-refractivity contribution in [3.63, 3.8) is 0 Å². The van der Waals surface area contributed by atoms with Gasteiger partial charge in [-0.2, -0.15) is 5.26 Å². The van der Waals surface area contributed by atoms with E-state index in [1.54, 1.807) is 0 Å². The molecule has 1 N–H and O–H groups in total. The normalized spacial score (nSPS) is 22.7. The zero-order valence-electron chi connectivity index (χ0n) is 19.6. The fraction of sp³-hybridized carbons (Fsp3) is 0.429. The van der Waals surface area contributed by atoms with Gasteiger partial charge in [-0.3, -0.25) is 0 Å². The number of nitrogens with one attached hydrogen (secondary N) is 1. The average Bonchev–Trinajstić information content (AvgIpc) is 2.91. The van der Waals surface area contributed by atoms with E-state index in [0.717, 1.165) is 36.0 Å². The number of piperidine rings is 1. The quantitative estimate of drug-likeness (QED) is 0.518. The third kappa shape index (κ3) is 5.36. The van der Waals surface area contributed by atoms with Gasteiger partial charge in [0.25, 0.3) is 0 Å². The van der Waals surface area contributed by atoms with Crippen LogP contribution in [0.2, 0.25) is 0 Å². The van der Waals surface area contributed by atoms with E-state index in [1.807, 2.05) is 48.8 Å². The molecule has 3 heterocycles. The minimum absolute atomic E-state index is 0.423. The van der Waals surface area contributed by atoms with Crippen LogP contribution >= 0.6 is 0 Å². The summed E-state index contributed by atoms with van der Waals surface area (Å²) in [6, 6.07) is 18.7. The maximum Gasteiger partial charge on any atom is 0.223 e. The molecule has 34 heavy (non-hydrogen) atoms.